The topological polar surface area (TPSA) is 125 Å². The third kappa shape index (κ3) is 9.12. The summed E-state index contributed by atoms with van der Waals surface area (Å²) in [6, 6.07) is 13.9. The number of aliphatic hydroxyl groups is 1. The van der Waals surface area contributed by atoms with Crippen molar-refractivity contribution in [1.29, 1.82) is 0 Å². The number of hydrogen-bond acceptors (Lipinski definition) is 7. The van der Waals surface area contributed by atoms with E-state index in [-0.39, 0.29) is 24.7 Å². The van der Waals surface area contributed by atoms with Crippen LogP contribution in [0.5, 0.6) is 0 Å². The van der Waals surface area contributed by atoms with E-state index in [1.54, 1.807) is 19.1 Å². The molecule has 2 rings (SSSR count). The molecule has 0 aliphatic rings. The molecule has 0 fully saturated rings. The number of hydrogen-bond donors (Lipinski definition) is 3. The molecule has 2 unspecified atom stereocenters. The normalized spacial score (nSPS) is 12.9. The third-order valence-corrected chi connectivity index (χ3v) is 6.04. The van der Waals surface area contributed by atoms with Crippen LogP contribution in [0.15, 0.2) is 53.4 Å². The van der Waals surface area contributed by atoms with Gasteiger partial charge in [0.15, 0.2) is 0 Å². The van der Waals surface area contributed by atoms with E-state index in [1.165, 1.54) is 18.0 Å². The Labute approximate surface area is 204 Å². The fraction of sp³-hybridized carbons (Fsp3) is 0.417. The summed E-state index contributed by atoms with van der Waals surface area (Å²) in [5.74, 6) is -0.0843. The molecule has 34 heavy (non-hydrogen) atoms. The maximum absolute atomic E-state index is 12.3. The molecule has 2 amide bonds. The Morgan fingerprint density at radius 3 is 2.50 bits per heavy atom. The van der Waals surface area contributed by atoms with Crippen molar-refractivity contribution < 1.29 is 19.6 Å². The first-order valence-corrected chi connectivity index (χ1v) is 11.8. The quantitative estimate of drug-likeness (QED) is 0.162. The first kappa shape index (κ1) is 27.3. The molecule has 10 heteroatoms. The molecule has 2 aromatic carbocycles. The highest BCUT2D eigenvalue weighted by molar-refractivity contribution is 7.97. The largest absolute Gasteiger partial charge is 0.390 e. The second-order valence-electron chi connectivity index (χ2n) is 8.47. The van der Waals surface area contributed by atoms with E-state index in [0.29, 0.717) is 30.9 Å². The zero-order chi connectivity index (χ0) is 25.1. The SMILES string of the molecule is Cc1cc(SN(CC(C)C)CC(O)C(Cc2ccccc2)NC(=O)CNC=O)ccc1[N+](=O)[O-]. The van der Waals surface area contributed by atoms with Crippen LogP contribution in [-0.2, 0) is 16.0 Å². The Kier molecular flexibility index (Phi) is 11.0. The number of aryl methyl sites for hydroxylation is 1. The van der Waals surface area contributed by atoms with Crippen molar-refractivity contribution in [2.24, 2.45) is 5.92 Å². The van der Waals surface area contributed by atoms with Crippen molar-refractivity contribution >= 4 is 30.0 Å². The van der Waals surface area contributed by atoms with Crippen LogP contribution >= 0.6 is 11.9 Å². The molecule has 184 valence electrons. The van der Waals surface area contributed by atoms with Gasteiger partial charge in [0.25, 0.3) is 5.69 Å². The number of rotatable bonds is 14. The molecular weight excluding hydrogens is 456 g/mol. The van der Waals surface area contributed by atoms with Gasteiger partial charge in [0.05, 0.1) is 23.6 Å². The van der Waals surface area contributed by atoms with Crippen LogP contribution < -0.4 is 10.6 Å². The van der Waals surface area contributed by atoms with Crippen molar-refractivity contribution in [2.45, 2.75) is 44.2 Å². The van der Waals surface area contributed by atoms with Gasteiger partial charge in [-0.15, -0.1) is 0 Å². The lowest BCUT2D eigenvalue weighted by Gasteiger charge is -2.30. The minimum absolute atomic E-state index is 0.0642. The Bertz CT molecular complexity index is 958. The minimum Gasteiger partial charge on any atom is -0.390 e. The van der Waals surface area contributed by atoms with E-state index < -0.39 is 17.1 Å². The first-order chi connectivity index (χ1) is 16.2. The summed E-state index contributed by atoms with van der Waals surface area (Å²) >= 11 is 1.42. The van der Waals surface area contributed by atoms with Crippen LogP contribution in [0.25, 0.3) is 0 Å². The van der Waals surface area contributed by atoms with Crippen molar-refractivity contribution in [3.63, 3.8) is 0 Å². The standard InChI is InChI=1S/C24H32N4O5S/c1-17(2)14-27(34-20-9-10-22(28(32)33)18(3)11-20)15-23(30)21(26-24(31)13-25-16-29)12-19-7-5-4-6-8-19/h4-11,16-17,21,23,30H,12-15H2,1-3H3,(H,25,29)(H,26,31). The number of carbonyl (C=O) groups is 2. The van der Waals surface area contributed by atoms with Gasteiger partial charge in [-0.25, -0.2) is 4.31 Å². The highest BCUT2D eigenvalue weighted by atomic mass is 32.2. The second-order valence-corrected chi connectivity index (χ2v) is 9.64. The number of nitro benzene ring substituents is 1. The van der Waals surface area contributed by atoms with Gasteiger partial charge in [0, 0.05) is 29.6 Å². The second kappa shape index (κ2) is 13.7. The first-order valence-electron chi connectivity index (χ1n) is 11.1. The van der Waals surface area contributed by atoms with E-state index in [9.17, 15) is 24.8 Å². The molecule has 2 atom stereocenters. The van der Waals surface area contributed by atoms with Crippen molar-refractivity contribution in [3.05, 3.63) is 69.8 Å². The average molecular weight is 489 g/mol. The lowest BCUT2D eigenvalue weighted by molar-refractivity contribution is -0.385. The van der Waals surface area contributed by atoms with E-state index in [1.807, 2.05) is 34.6 Å². The molecule has 0 spiro atoms. The van der Waals surface area contributed by atoms with E-state index in [0.717, 1.165) is 10.5 Å². The number of carbonyl (C=O) groups excluding carboxylic acids is 2. The van der Waals surface area contributed by atoms with Gasteiger partial charge in [0.1, 0.15) is 0 Å². The molecule has 9 nitrogen and oxygen atoms in total. The third-order valence-electron chi connectivity index (χ3n) is 5.01. The van der Waals surface area contributed by atoms with Crippen LogP contribution in [0.4, 0.5) is 5.69 Å². The smallest absolute Gasteiger partial charge is 0.272 e. The van der Waals surface area contributed by atoms with Crippen molar-refractivity contribution in [3.8, 4) is 0 Å². The van der Waals surface area contributed by atoms with Crippen LogP contribution in [0.3, 0.4) is 0 Å². The summed E-state index contributed by atoms with van der Waals surface area (Å²) in [5.41, 5.74) is 1.59. The molecule has 0 aliphatic carbocycles. The number of benzene rings is 2. The Morgan fingerprint density at radius 1 is 1.21 bits per heavy atom. The zero-order valence-corrected chi connectivity index (χ0v) is 20.5. The lowest BCUT2D eigenvalue weighted by Crippen LogP contribution is -2.50. The number of nitrogens with zero attached hydrogens (tertiary/aromatic N) is 2. The molecule has 0 bridgehead atoms. The van der Waals surface area contributed by atoms with Crippen LogP contribution in [0, 0.1) is 23.0 Å². The summed E-state index contributed by atoms with van der Waals surface area (Å²) in [5, 5.41) is 27.4. The summed E-state index contributed by atoms with van der Waals surface area (Å²) in [6.07, 6.45) is -0.0214. The van der Waals surface area contributed by atoms with Gasteiger partial charge in [-0.3, -0.25) is 19.7 Å². The summed E-state index contributed by atoms with van der Waals surface area (Å²) in [7, 11) is 0. The fourth-order valence-electron chi connectivity index (χ4n) is 3.47. The lowest BCUT2D eigenvalue weighted by atomic mass is 10.0. The number of nitrogens with one attached hydrogen (secondary N) is 2. The minimum atomic E-state index is -0.897. The maximum Gasteiger partial charge on any atom is 0.272 e. The Hall–Kier alpha value is -2.95. The summed E-state index contributed by atoms with van der Waals surface area (Å²) in [6.45, 7) is 6.58. The molecule has 0 aromatic heterocycles. The van der Waals surface area contributed by atoms with Gasteiger partial charge in [-0.1, -0.05) is 44.2 Å². The van der Waals surface area contributed by atoms with E-state index in [4.69, 9.17) is 0 Å². The van der Waals surface area contributed by atoms with E-state index in [2.05, 4.69) is 24.5 Å². The van der Waals surface area contributed by atoms with Crippen LogP contribution in [0.2, 0.25) is 0 Å². The van der Waals surface area contributed by atoms with E-state index >= 15 is 0 Å². The monoisotopic (exact) mass is 488 g/mol. The summed E-state index contributed by atoms with van der Waals surface area (Å²) < 4.78 is 2.00. The van der Waals surface area contributed by atoms with Crippen molar-refractivity contribution in [2.75, 3.05) is 19.6 Å². The average Bonchev–Trinajstić information content (AvgIpc) is 2.77. The van der Waals surface area contributed by atoms with Gasteiger partial charge in [-0.2, -0.15) is 0 Å². The number of amides is 2. The zero-order valence-electron chi connectivity index (χ0n) is 19.6. The Balaban J connectivity index is 2.17. The van der Waals surface area contributed by atoms with Gasteiger partial charge in [-0.05, 0) is 48.9 Å². The molecule has 0 saturated carbocycles. The van der Waals surface area contributed by atoms with Crippen LogP contribution in [0.1, 0.15) is 25.0 Å². The van der Waals surface area contributed by atoms with Crippen molar-refractivity contribution in [1.82, 2.24) is 14.9 Å². The predicted octanol–water partition coefficient (Wildman–Crippen LogP) is 2.70. The molecule has 2 aromatic rings. The molecule has 0 radical (unpaired) electrons. The highest BCUT2D eigenvalue weighted by Gasteiger charge is 2.25. The van der Waals surface area contributed by atoms with Crippen LogP contribution in [-0.4, -0.2) is 58.4 Å². The molecule has 0 heterocycles. The molecular formula is C24H32N4O5S. The number of nitro groups is 1. The maximum atomic E-state index is 12.3. The number of aliphatic hydroxyl groups excluding tert-OH is 1. The fourth-order valence-corrected chi connectivity index (χ4v) is 4.73. The molecule has 3 N–H and O–H groups in total. The van der Waals surface area contributed by atoms with Gasteiger partial charge < -0.3 is 15.7 Å². The summed E-state index contributed by atoms with van der Waals surface area (Å²) in [4.78, 5) is 34.3. The molecule has 0 saturated heterocycles. The van der Waals surface area contributed by atoms with Gasteiger partial charge in [0.2, 0.25) is 12.3 Å². The highest BCUT2D eigenvalue weighted by Crippen LogP contribution is 2.29. The Morgan fingerprint density at radius 2 is 1.91 bits per heavy atom. The predicted molar refractivity (Wildman–Crippen MR) is 132 cm³/mol. The van der Waals surface area contributed by atoms with Gasteiger partial charge >= 0.3 is 0 Å². The molecule has 0 aliphatic heterocycles.